The highest BCUT2D eigenvalue weighted by Crippen LogP contribution is 2.14. The molecule has 20 heavy (non-hydrogen) atoms. The van der Waals surface area contributed by atoms with Crippen LogP contribution in [0.2, 0.25) is 0 Å². The Kier molecular flexibility index (Phi) is 10.7. The van der Waals surface area contributed by atoms with Gasteiger partial charge in [0.15, 0.2) is 12.0 Å². The maximum Gasteiger partial charge on any atom is 0.181 e. The minimum atomic E-state index is 0.710. The minimum absolute atomic E-state index is 0.710. The first-order valence-corrected chi connectivity index (χ1v) is 6.84. The quantitative estimate of drug-likeness (QED) is 0.715. The number of aromatic nitrogens is 1. The third-order valence-corrected chi connectivity index (χ3v) is 2.24. The van der Waals surface area contributed by atoms with Gasteiger partial charge in [0.25, 0.3) is 0 Å². The molecule has 110 valence electrons. The molecular formula is C16H25N3O. The van der Waals surface area contributed by atoms with Crippen molar-refractivity contribution in [1.82, 2.24) is 4.98 Å². The zero-order chi connectivity index (χ0) is 15.2. The van der Waals surface area contributed by atoms with Gasteiger partial charge in [0, 0.05) is 5.69 Å². The molecule has 4 N–H and O–H groups in total. The second-order valence-corrected chi connectivity index (χ2v) is 3.51. The van der Waals surface area contributed by atoms with Crippen LogP contribution in [0.5, 0.6) is 0 Å². The number of hydrogen-bond donors (Lipinski definition) is 2. The van der Waals surface area contributed by atoms with E-state index in [0.29, 0.717) is 5.69 Å². The van der Waals surface area contributed by atoms with Crippen LogP contribution in [0.15, 0.2) is 53.3 Å². The molecule has 1 heterocycles. The van der Waals surface area contributed by atoms with E-state index in [1.165, 1.54) is 26.3 Å². The summed E-state index contributed by atoms with van der Waals surface area (Å²) in [6, 6.07) is 5.37. The Labute approximate surface area is 121 Å². The van der Waals surface area contributed by atoms with Crippen molar-refractivity contribution in [2.75, 3.05) is 12.8 Å². The van der Waals surface area contributed by atoms with Gasteiger partial charge in [-0.1, -0.05) is 38.2 Å². The summed E-state index contributed by atoms with van der Waals surface area (Å²) in [5, 5.41) is 0. The predicted octanol–water partition coefficient (Wildman–Crippen LogP) is 3.90. The molecule has 0 atom stereocenters. The molecule has 0 saturated carbocycles. The number of nitrogen functional groups attached to an aromatic ring is 1. The van der Waals surface area contributed by atoms with E-state index in [2.05, 4.69) is 35.0 Å². The van der Waals surface area contributed by atoms with E-state index < -0.39 is 0 Å². The van der Waals surface area contributed by atoms with E-state index >= 15 is 0 Å². The molecule has 0 bridgehead atoms. The molecule has 4 heteroatoms. The number of allylic oxidation sites excluding steroid dienone is 4. The molecule has 3 rings (SSSR count). The Bertz CT molecular complexity index is 503. The summed E-state index contributed by atoms with van der Waals surface area (Å²) in [5.41, 5.74) is 12.3. The zero-order valence-electron chi connectivity index (χ0n) is 12.5. The average Bonchev–Trinajstić information content (AvgIpc) is 3.01. The smallest absolute Gasteiger partial charge is 0.181 e. The highest BCUT2D eigenvalue weighted by molar-refractivity contribution is 5.75. The number of fused-ring (bicyclic) bond motifs is 1. The van der Waals surface area contributed by atoms with Crippen LogP contribution in [-0.4, -0.2) is 12.0 Å². The third kappa shape index (κ3) is 6.75. The Morgan fingerprint density at radius 1 is 1.05 bits per heavy atom. The van der Waals surface area contributed by atoms with Gasteiger partial charge in [-0.2, -0.15) is 0 Å². The molecule has 0 radical (unpaired) electrons. The monoisotopic (exact) mass is 275 g/mol. The summed E-state index contributed by atoms with van der Waals surface area (Å²) in [6.07, 6.45) is 12.4. The SMILES string of the molecule is C1=CCCC=C1.CC.CN.Nc1ccc2ocnc2c1. The van der Waals surface area contributed by atoms with Crippen molar-refractivity contribution in [3.05, 3.63) is 48.9 Å². The number of benzene rings is 1. The molecule has 2 aromatic rings. The van der Waals surface area contributed by atoms with Crippen molar-refractivity contribution >= 4 is 16.8 Å². The molecule has 1 aromatic carbocycles. The van der Waals surface area contributed by atoms with Crippen LogP contribution >= 0.6 is 0 Å². The number of nitrogens with zero attached hydrogens (tertiary/aromatic N) is 1. The van der Waals surface area contributed by atoms with Gasteiger partial charge in [-0.15, -0.1) is 0 Å². The molecular weight excluding hydrogens is 250 g/mol. The van der Waals surface area contributed by atoms with Crippen LogP contribution in [0, 0.1) is 0 Å². The van der Waals surface area contributed by atoms with Gasteiger partial charge in [-0.25, -0.2) is 4.98 Å². The molecule has 1 aliphatic rings. The highest BCUT2D eigenvalue weighted by Gasteiger charge is 1.95. The van der Waals surface area contributed by atoms with Crippen LogP contribution in [0.25, 0.3) is 11.1 Å². The summed E-state index contributed by atoms with van der Waals surface area (Å²) in [7, 11) is 1.50. The second-order valence-electron chi connectivity index (χ2n) is 3.51. The number of rotatable bonds is 0. The summed E-state index contributed by atoms with van der Waals surface area (Å²) in [4.78, 5) is 3.93. The molecule has 0 saturated heterocycles. The fourth-order valence-electron chi connectivity index (χ4n) is 1.42. The van der Waals surface area contributed by atoms with E-state index in [4.69, 9.17) is 10.2 Å². The van der Waals surface area contributed by atoms with Gasteiger partial charge in [0.05, 0.1) is 0 Å². The Hall–Kier alpha value is -2.07. The Morgan fingerprint density at radius 2 is 1.65 bits per heavy atom. The lowest BCUT2D eigenvalue weighted by Crippen LogP contribution is -1.81. The van der Waals surface area contributed by atoms with Gasteiger partial charge < -0.3 is 15.9 Å². The fourth-order valence-corrected chi connectivity index (χ4v) is 1.42. The van der Waals surface area contributed by atoms with E-state index in [9.17, 15) is 0 Å². The molecule has 0 aliphatic heterocycles. The molecule has 4 nitrogen and oxygen atoms in total. The van der Waals surface area contributed by atoms with Crippen LogP contribution in [0.4, 0.5) is 5.69 Å². The zero-order valence-corrected chi connectivity index (χ0v) is 12.5. The van der Waals surface area contributed by atoms with Crippen molar-refractivity contribution in [2.45, 2.75) is 26.7 Å². The van der Waals surface area contributed by atoms with Crippen molar-refractivity contribution in [3.63, 3.8) is 0 Å². The van der Waals surface area contributed by atoms with Crippen LogP contribution in [0.3, 0.4) is 0 Å². The van der Waals surface area contributed by atoms with Crippen molar-refractivity contribution < 1.29 is 4.42 Å². The molecule has 0 spiro atoms. The van der Waals surface area contributed by atoms with E-state index in [1.807, 2.05) is 13.8 Å². The molecule has 1 aromatic heterocycles. The average molecular weight is 275 g/mol. The lowest BCUT2D eigenvalue weighted by molar-refractivity contribution is 0.602. The first-order chi connectivity index (χ1) is 9.86. The molecule has 0 unspecified atom stereocenters. The maximum atomic E-state index is 5.50. The predicted molar refractivity (Wildman–Crippen MR) is 87.4 cm³/mol. The van der Waals surface area contributed by atoms with E-state index in [0.717, 1.165) is 11.1 Å². The van der Waals surface area contributed by atoms with Gasteiger partial charge in [0.1, 0.15) is 5.52 Å². The summed E-state index contributed by atoms with van der Waals surface area (Å²) in [5.74, 6) is 0. The summed E-state index contributed by atoms with van der Waals surface area (Å²) >= 11 is 0. The Balaban J connectivity index is 0.000000312. The number of nitrogens with two attached hydrogens (primary N) is 2. The lowest BCUT2D eigenvalue weighted by atomic mass is 10.2. The fraction of sp³-hybridized carbons (Fsp3) is 0.312. The van der Waals surface area contributed by atoms with Crippen LogP contribution in [0.1, 0.15) is 26.7 Å². The number of hydrogen-bond acceptors (Lipinski definition) is 4. The standard InChI is InChI=1S/C7H6N2O.C6H8.C2H6.CH5N/c8-5-1-2-7-6(3-5)9-4-10-7;1-2-4-6-5-3-1;2*1-2/h1-4H,8H2;1-4H,5-6H2;1-2H3;2H2,1H3. The molecule has 0 amide bonds. The Morgan fingerprint density at radius 3 is 2.15 bits per heavy atom. The normalized spacial score (nSPS) is 11.4. The third-order valence-electron chi connectivity index (χ3n) is 2.24. The first-order valence-electron chi connectivity index (χ1n) is 6.84. The van der Waals surface area contributed by atoms with Crippen molar-refractivity contribution in [1.29, 1.82) is 0 Å². The lowest BCUT2D eigenvalue weighted by Gasteiger charge is -1.88. The topological polar surface area (TPSA) is 78.1 Å². The first kappa shape index (κ1) is 17.9. The van der Waals surface area contributed by atoms with Gasteiger partial charge in [-0.3, -0.25) is 0 Å². The second kappa shape index (κ2) is 12.0. The van der Waals surface area contributed by atoms with Crippen LogP contribution in [-0.2, 0) is 0 Å². The highest BCUT2D eigenvalue weighted by atomic mass is 16.3. The van der Waals surface area contributed by atoms with Gasteiger partial charge >= 0.3 is 0 Å². The van der Waals surface area contributed by atoms with Crippen molar-refractivity contribution in [3.8, 4) is 0 Å². The van der Waals surface area contributed by atoms with E-state index in [1.54, 1.807) is 18.2 Å². The minimum Gasteiger partial charge on any atom is -0.443 e. The van der Waals surface area contributed by atoms with E-state index in [-0.39, 0.29) is 0 Å². The van der Waals surface area contributed by atoms with Gasteiger partial charge in [0.2, 0.25) is 0 Å². The van der Waals surface area contributed by atoms with Crippen LogP contribution < -0.4 is 11.5 Å². The largest absolute Gasteiger partial charge is 0.443 e. The van der Waals surface area contributed by atoms with Crippen molar-refractivity contribution in [2.24, 2.45) is 5.73 Å². The van der Waals surface area contributed by atoms with Gasteiger partial charge in [-0.05, 0) is 38.1 Å². The summed E-state index contributed by atoms with van der Waals surface area (Å²) < 4.78 is 5.01. The summed E-state index contributed by atoms with van der Waals surface area (Å²) in [6.45, 7) is 4.00. The maximum absolute atomic E-state index is 5.50. The molecule has 1 aliphatic carbocycles. The number of oxazole rings is 1. The number of anilines is 1. The molecule has 0 fully saturated rings.